The number of halogens is 3. The van der Waals surface area contributed by atoms with Crippen molar-refractivity contribution in [3.05, 3.63) is 34.9 Å². The van der Waals surface area contributed by atoms with Gasteiger partial charge in [-0.1, -0.05) is 6.07 Å². The average Bonchev–Trinajstić information content (AvgIpc) is 3.17. The third-order valence-corrected chi connectivity index (χ3v) is 3.48. The summed E-state index contributed by atoms with van der Waals surface area (Å²) in [6.45, 7) is 0. The summed E-state index contributed by atoms with van der Waals surface area (Å²) in [4.78, 5) is 22.6. The van der Waals surface area contributed by atoms with Crippen LogP contribution in [0.15, 0.2) is 18.2 Å². The molecular formula is C12H11F3N2O3. The van der Waals surface area contributed by atoms with Crippen molar-refractivity contribution in [1.82, 2.24) is 5.48 Å². The Morgan fingerprint density at radius 3 is 2.25 bits per heavy atom. The summed E-state index contributed by atoms with van der Waals surface area (Å²) < 4.78 is 39.0. The smallest absolute Gasteiger partial charge is 0.366 e. The van der Waals surface area contributed by atoms with Crippen LogP contribution < -0.4 is 11.2 Å². The van der Waals surface area contributed by atoms with Gasteiger partial charge in [0.05, 0.1) is 16.5 Å². The van der Waals surface area contributed by atoms with Crippen LogP contribution in [0.4, 0.5) is 13.2 Å². The maximum absolute atomic E-state index is 13.0. The number of hydrogen-bond acceptors (Lipinski definition) is 3. The molecule has 0 saturated heterocycles. The molecule has 0 radical (unpaired) electrons. The fourth-order valence-corrected chi connectivity index (χ4v) is 2.17. The second-order valence-corrected chi connectivity index (χ2v) is 4.65. The van der Waals surface area contributed by atoms with E-state index in [1.807, 2.05) is 0 Å². The van der Waals surface area contributed by atoms with Crippen LogP contribution in [-0.4, -0.2) is 23.2 Å². The minimum atomic E-state index is -4.44. The normalized spacial score (nSPS) is 16.6. The molecule has 1 fully saturated rings. The van der Waals surface area contributed by atoms with E-state index in [4.69, 9.17) is 10.9 Å². The highest BCUT2D eigenvalue weighted by molar-refractivity contribution is 6.06. The first-order valence-electron chi connectivity index (χ1n) is 5.68. The minimum absolute atomic E-state index is 0.0768. The lowest BCUT2D eigenvalue weighted by Crippen LogP contribution is -2.30. The molecule has 1 saturated carbocycles. The second-order valence-electron chi connectivity index (χ2n) is 4.65. The lowest BCUT2D eigenvalue weighted by Gasteiger charge is -2.20. The van der Waals surface area contributed by atoms with Crippen LogP contribution >= 0.6 is 0 Å². The number of hydroxylamine groups is 1. The molecule has 0 spiro atoms. The number of nitrogens with two attached hydrogens (primary N) is 1. The number of rotatable bonds is 3. The molecule has 1 aliphatic rings. The zero-order valence-electron chi connectivity index (χ0n) is 10.1. The van der Waals surface area contributed by atoms with Crippen molar-refractivity contribution in [2.75, 3.05) is 0 Å². The maximum atomic E-state index is 13.0. The van der Waals surface area contributed by atoms with Crippen molar-refractivity contribution in [1.29, 1.82) is 0 Å². The monoisotopic (exact) mass is 288 g/mol. The van der Waals surface area contributed by atoms with E-state index in [9.17, 15) is 22.8 Å². The van der Waals surface area contributed by atoms with Gasteiger partial charge < -0.3 is 5.73 Å². The quantitative estimate of drug-likeness (QED) is 0.581. The fraction of sp³-hybridized carbons (Fsp3) is 0.333. The van der Waals surface area contributed by atoms with Gasteiger partial charge in [-0.25, -0.2) is 5.48 Å². The summed E-state index contributed by atoms with van der Waals surface area (Å²) >= 11 is 0. The van der Waals surface area contributed by atoms with Gasteiger partial charge in [0.25, 0.3) is 5.91 Å². The topological polar surface area (TPSA) is 92.4 Å². The highest BCUT2D eigenvalue weighted by Crippen LogP contribution is 2.59. The third kappa shape index (κ3) is 2.11. The molecule has 0 heterocycles. The first kappa shape index (κ1) is 14.3. The SMILES string of the molecule is NC(=O)c1ccc(C2(C(F)(F)F)CC2)cc1C(=O)NO. The van der Waals surface area contributed by atoms with Crippen LogP contribution in [-0.2, 0) is 5.41 Å². The van der Waals surface area contributed by atoms with Gasteiger partial charge in [-0.05, 0) is 30.5 Å². The van der Waals surface area contributed by atoms with Gasteiger partial charge in [-0.2, -0.15) is 13.2 Å². The maximum Gasteiger partial charge on any atom is 0.398 e. The molecule has 1 aromatic rings. The van der Waals surface area contributed by atoms with Crippen LogP contribution in [0.25, 0.3) is 0 Å². The summed E-state index contributed by atoms with van der Waals surface area (Å²) in [6, 6.07) is 3.15. The molecule has 2 amide bonds. The zero-order chi connectivity index (χ0) is 15.1. The number of primary amides is 1. The van der Waals surface area contributed by atoms with Crippen LogP contribution in [0.2, 0.25) is 0 Å². The first-order chi connectivity index (χ1) is 9.23. The molecule has 4 N–H and O–H groups in total. The fourth-order valence-electron chi connectivity index (χ4n) is 2.17. The number of carbonyl (C=O) groups is 2. The highest BCUT2D eigenvalue weighted by Gasteiger charge is 2.64. The van der Waals surface area contributed by atoms with E-state index >= 15 is 0 Å². The summed E-state index contributed by atoms with van der Waals surface area (Å²) in [7, 11) is 0. The Kier molecular flexibility index (Phi) is 3.21. The van der Waals surface area contributed by atoms with Crippen LogP contribution in [0.1, 0.15) is 39.1 Å². The summed E-state index contributed by atoms with van der Waals surface area (Å²) in [5.74, 6) is -2.05. The molecule has 0 bridgehead atoms. The number of benzene rings is 1. The number of hydrogen-bond donors (Lipinski definition) is 3. The van der Waals surface area contributed by atoms with Crippen LogP contribution in [0, 0.1) is 0 Å². The molecule has 0 aliphatic heterocycles. The number of nitrogens with one attached hydrogen (secondary N) is 1. The minimum Gasteiger partial charge on any atom is -0.366 e. The van der Waals surface area contributed by atoms with Crippen molar-refractivity contribution < 1.29 is 28.0 Å². The van der Waals surface area contributed by atoms with E-state index < -0.39 is 23.4 Å². The van der Waals surface area contributed by atoms with E-state index in [0.717, 1.165) is 18.2 Å². The number of amides is 2. The lowest BCUT2D eigenvalue weighted by molar-refractivity contribution is -0.160. The predicted molar refractivity (Wildman–Crippen MR) is 61.2 cm³/mol. The molecule has 1 aliphatic carbocycles. The molecule has 108 valence electrons. The molecule has 0 aromatic heterocycles. The second kappa shape index (κ2) is 4.48. The summed E-state index contributed by atoms with van der Waals surface area (Å²) in [5.41, 5.74) is 3.60. The van der Waals surface area contributed by atoms with Crippen molar-refractivity contribution in [3.8, 4) is 0 Å². The van der Waals surface area contributed by atoms with Gasteiger partial charge in [0.1, 0.15) is 0 Å². The van der Waals surface area contributed by atoms with Crippen molar-refractivity contribution in [2.45, 2.75) is 24.4 Å². The Morgan fingerprint density at radius 1 is 1.25 bits per heavy atom. The molecule has 5 nitrogen and oxygen atoms in total. The zero-order valence-corrected chi connectivity index (χ0v) is 10.1. The molecule has 0 atom stereocenters. The first-order valence-corrected chi connectivity index (χ1v) is 5.68. The largest absolute Gasteiger partial charge is 0.398 e. The lowest BCUT2D eigenvalue weighted by atomic mass is 9.91. The van der Waals surface area contributed by atoms with Gasteiger partial charge in [0.15, 0.2) is 0 Å². The predicted octanol–water partition coefficient (Wildman–Crippen LogP) is 1.50. The molecule has 1 aromatic carbocycles. The molecule has 0 unspecified atom stereocenters. The van der Waals surface area contributed by atoms with Crippen molar-refractivity contribution >= 4 is 11.8 Å². The standard InChI is InChI=1S/C12H11F3N2O3/c13-12(14,15)11(3-4-11)6-1-2-7(9(16)18)8(5-6)10(19)17-20/h1-2,5,20H,3-4H2,(H2,16,18)(H,17,19). The highest BCUT2D eigenvalue weighted by atomic mass is 19.4. The Labute approximate surface area is 111 Å². The van der Waals surface area contributed by atoms with E-state index in [-0.39, 0.29) is 29.5 Å². The van der Waals surface area contributed by atoms with Gasteiger partial charge in [-0.3, -0.25) is 14.8 Å². The molecule has 8 heteroatoms. The van der Waals surface area contributed by atoms with Gasteiger partial charge in [0.2, 0.25) is 5.91 Å². The van der Waals surface area contributed by atoms with Crippen LogP contribution in [0.5, 0.6) is 0 Å². The van der Waals surface area contributed by atoms with Crippen molar-refractivity contribution in [2.24, 2.45) is 5.73 Å². The van der Waals surface area contributed by atoms with Gasteiger partial charge in [-0.15, -0.1) is 0 Å². The Balaban J connectivity index is 2.54. The van der Waals surface area contributed by atoms with Crippen LogP contribution in [0.3, 0.4) is 0 Å². The van der Waals surface area contributed by atoms with E-state index in [1.54, 1.807) is 0 Å². The number of alkyl halides is 3. The summed E-state index contributed by atoms with van der Waals surface area (Å²) in [5, 5.41) is 8.59. The Bertz CT molecular complexity index is 580. The average molecular weight is 288 g/mol. The van der Waals surface area contributed by atoms with Gasteiger partial charge >= 0.3 is 6.18 Å². The molecular weight excluding hydrogens is 277 g/mol. The molecule has 2 rings (SSSR count). The Hall–Kier alpha value is -2.09. The Morgan fingerprint density at radius 2 is 1.85 bits per heavy atom. The van der Waals surface area contributed by atoms with E-state index in [2.05, 4.69) is 0 Å². The molecule has 20 heavy (non-hydrogen) atoms. The van der Waals surface area contributed by atoms with E-state index in [1.165, 1.54) is 5.48 Å². The summed E-state index contributed by atoms with van der Waals surface area (Å²) in [6.07, 6.45) is -4.59. The third-order valence-electron chi connectivity index (χ3n) is 3.48. The number of carbonyl (C=O) groups excluding carboxylic acids is 2. The van der Waals surface area contributed by atoms with Gasteiger partial charge in [0, 0.05) is 0 Å². The van der Waals surface area contributed by atoms with E-state index in [0.29, 0.717) is 0 Å². The van der Waals surface area contributed by atoms with Crippen molar-refractivity contribution in [3.63, 3.8) is 0 Å².